The maximum Gasteiger partial charge on any atom is 0.222 e. The quantitative estimate of drug-likeness (QED) is 0.779. The van der Waals surface area contributed by atoms with Crippen molar-refractivity contribution < 1.29 is 4.79 Å². The minimum absolute atomic E-state index is 0.212. The molecule has 0 atom stereocenters. The van der Waals surface area contributed by atoms with E-state index in [2.05, 4.69) is 22.6 Å². The summed E-state index contributed by atoms with van der Waals surface area (Å²) in [6.45, 7) is 1.46. The van der Waals surface area contributed by atoms with Gasteiger partial charge in [0.1, 0.15) is 0 Å². The average Bonchev–Trinajstić information content (AvgIpc) is 3.08. The monoisotopic (exact) mass is 277 g/mol. The highest BCUT2D eigenvalue weighted by molar-refractivity contribution is 7.09. The zero-order valence-corrected chi connectivity index (χ0v) is 12.0. The number of hydrogen-bond acceptors (Lipinski definition) is 3. The number of carbonyl (C=O) groups is 1. The molecule has 2 rings (SSSR count). The number of thiophene rings is 1. The Morgan fingerprint density at radius 1 is 1.47 bits per heavy atom. The SMILES string of the molecule is CN(CCn1cccn1)C(=O)CCCc1cccs1. The molecule has 19 heavy (non-hydrogen) atoms. The van der Waals surface area contributed by atoms with Gasteiger partial charge in [0.2, 0.25) is 5.91 Å². The Kier molecular flexibility index (Phi) is 5.15. The fourth-order valence-corrected chi connectivity index (χ4v) is 2.62. The molecule has 4 nitrogen and oxygen atoms in total. The Hall–Kier alpha value is -1.62. The highest BCUT2D eigenvalue weighted by Crippen LogP contribution is 2.12. The van der Waals surface area contributed by atoms with Crippen LogP contribution >= 0.6 is 11.3 Å². The molecular formula is C14H19N3OS. The van der Waals surface area contributed by atoms with Crippen LogP contribution in [-0.2, 0) is 17.8 Å². The molecule has 2 heterocycles. The normalized spacial score (nSPS) is 10.6. The molecule has 102 valence electrons. The van der Waals surface area contributed by atoms with Crippen molar-refractivity contribution in [2.45, 2.75) is 25.8 Å². The van der Waals surface area contributed by atoms with E-state index >= 15 is 0 Å². The van der Waals surface area contributed by atoms with Crippen LogP contribution in [0.3, 0.4) is 0 Å². The highest BCUT2D eigenvalue weighted by atomic mass is 32.1. The Balaban J connectivity index is 1.64. The number of hydrogen-bond donors (Lipinski definition) is 0. The van der Waals surface area contributed by atoms with Gasteiger partial charge in [0.25, 0.3) is 0 Å². The van der Waals surface area contributed by atoms with Crippen molar-refractivity contribution >= 4 is 17.2 Å². The van der Waals surface area contributed by atoms with Gasteiger partial charge in [0, 0.05) is 37.3 Å². The van der Waals surface area contributed by atoms with Crippen LogP contribution < -0.4 is 0 Å². The van der Waals surface area contributed by atoms with Gasteiger partial charge in [0.15, 0.2) is 0 Å². The summed E-state index contributed by atoms with van der Waals surface area (Å²) in [4.78, 5) is 15.1. The van der Waals surface area contributed by atoms with E-state index in [1.54, 1.807) is 22.4 Å². The second-order valence-electron chi connectivity index (χ2n) is 4.52. The molecule has 2 aromatic rings. The van der Waals surface area contributed by atoms with Crippen LogP contribution in [0.25, 0.3) is 0 Å². The number of nitrogens with zero attached hydrogens (tertiary/aromatic N) is 3. The molecule has 0 N–H and O–H groups in total. The number of likely N-dealkylation sites (N-methyl/N-ethyl adjacent to an activating group) is 1. The van der Waals surface area contributed by atoms with Gasteiger partial charge < -0.3 is 4.90 Å². The first kappa shape index (κ1) is 13.8. The highest BCUT2D eigenvalue weighted by Gasteiger charge is 2.08. The molecule has 0 aromatic carbocycles. The minimum Gasteiger partial charge on any atom is -0.344 e. The number of carbonyl (C=O) groups excluding carboxylic acids is 1. The molecule has 0 aliphatic rings. The third-order valence-corrected chi connectivity index (χ3v) is 3.98. The Morgan fingerprint density at radius 3 is 3.05 bits per heavy atom. The average molecular weight is 277 g/mol. The molecule has 0 radical (unpaired) electrons. The van der Waals surface area contributed by atoms with Gasteiger partial charge >= 0.3 is 0 Å². The summed E-state index contributed by atoms with van der Waals surface area (Å²) in [6, 6.07) is 6.07. The van der Waals surface area contributed by atoms with E-state index in [0.717, 1.165) is 19.4 Å². The molecule has 1 amide bonds. The van der Waals surface area contributed by atoms with E-state index in [-0.39, 0.29) is 5.91 Å². The summed E-state index contributed by atoms with van der Waals surface area (Å²) in [7, 11) is 1.86. The number of rotatable bonds is 7. The fourth-order valence-electron chi connectivity index (χ4n) is 1.87. The van der Waals surface area contributed by atoms with Crippen LogP contribution in [0.15, 0.2) is 36.0 Å². The third kappa shape index (κ3) is 4.52. The largest absolute Gasteiger partial charge is 0.344 e. The van der Waals surface area contributed by atoms with E-state index < -0.39 is 0 Å². The summed E-state index contributed by atoms with van der Waals surface area (Å²) in [5.41, 5.74) is 0. The molecule has 5 heteroatoms. The topological polar surface area (TPSA) is 38.1 Å². The second kappa shape index (κ2) is 7.09. The maximum atomic E-state index is 11.9. The summed E-state index contributed by atoms with van der Waals surface area (Å²) in [5.74, 6) is 0.212. The molecule has 0 aliphatic heterocycles. The zero-order chi connectivity index (χ0) is 13.5. The molecule has 0 unspecified atom stereocenters. The summed E-state index contributed by atoms with van der Waals surface area (Å²) >= 11 is 1.76. The lowest BCUT2D eigenvalue weighted by Crippen LogP contribution is -2.30. The standard InChI is InChI=1S/C14H19N3OS/c1-16(10-11-17-9-4-8-15-17)14(18)7-2-5-13-6-3-12-19-13/h3-4,6,8-9,12H,2,5,7,10-11H2,1H3. The van der Waals surface area contributed by atoms with Crippen LogP contribution in [0.5, 0.6) is 0 Å². The van der Waals surface area contributed by atoms with Crippen molar-refractivity contribution in [3.05, 3.63) is 40.8 Å². The number of amides is 1. The Morgan fingerprint density at radius 2 is 2.37 bits per heavy atom. The van der Waals surface area contributed by atoms with Crippen LogP contribution in [0.2, 0.25) is 0 Å². The van der Waals surface area contributed by atoms with Crippen molar-refractivity contribution in [2.24, 2.45) is 0 Å². The van der Waals surface area contributed by atoms with Gasteiger partial charge in [0.05, 0.1) is 6.54 Å². The predicted molar refractivity (Wildman–Crippen MR) is 77.1 cm³/mol. The number of aromatic nitrogens is 2. The van der Waals surface area contributed by atoms with Crippen molar-refractivity contribution in [3.8, 4) is 0 Å². The molecular weight excluding hydrogens is 258 g/mol. The smallest absolute Gasteiger partial charge is 0.222 e. The van der Waals surface area contributed by atoms with Crippen molar-refractivity contribution in [1.29, 1.82) is 0 Å². The first-order chi connectivity index (χ1) is 9.25. The van der Waals surface area contributed by atoms with E-state index in [9.17, 15) is 4.79 Å². The zero-order valence-electron chi connectivity index (χ0n) is 11.2. The van der Waals surface area contributed by atoms with E-state index in [1.165, 1.54) is 4.88 Å². The van der Waals surface area contributed by atoms with Crippen molar-refractivity contribution in [3.63, 3.8) is 0 Å². The molecule has 0 aliphatic carbocycles. The van der Waals surface area contributed by atoms with Crippen LogP contribution in [0.1, 0.15) is 17.7 Å². The van der Waals surface area contributed by atoms with Gasteiger partial charge in [-0.2, -0.15) is 5.10 Å². The lowest BCUT2D eigenvalue weighted by molar-refractivity contribution is -0.130. The fraction of sp³-hybridized carbons (Fsp3) is 0.429. The van der Waals surface area contributed by atoms with E-state index in [1.807, 2.05) is 24.0 Å². The maximum absolute atomic E-state index is 11.9. The molecule has 2 aromatic heterocycles. The lowest BCUT2D eigenvalue weighted by Gasteiger charge is -2.17. The van der Waals surface area contributed by atoms with Crippen molar-refractivity contribution in [2.75, 3.05) is 13.6 Å². The Bertz CT molecular complexity index is 479. The van der Waals surface area contributed by atoms with Crippen LogP contribution in [0.4, 0.5) is 0 Å². The number of aryl methyl sites for hydroxylation is 1. The second-order valence-corrected chi connectivity index (χ2v) is 5.55. The van der Waals surface area contributed by atoms with E-state index in [0.29, 0.717) is 13.0 Å². The first-order valence-electron chi connectivity index (χ1n) is 6.49. The van der Waals surface area contributed by atoms with E-state index in [4.69, 9.17) is 0 Å². The lowest BCUT2D eigenvalue weighted by atomic mass is 10.2. The molecule has 0 fully saturated rings. The first-order valence-corrected chi connectivity index (χ1v) is 7.37. The van der Waals surface area contributed by atoms with Gasteiger partial charge in [-0.05, 0) is 30.4 Å². The molecule has 0 spiro atoms. The van der Waals surface area contributed by atoms with Gasteiger partial charge in [-0.1, -0.05) is 6.07 Å². The third-order valence-electron chi connectivity index (χ3n) is 3.04. The van der Waals surface area contributed by atoms with Gasteiger partial charge in [-0.15, -0.1) is 11.3 Å². The molecule has 0 bridgehead atoms. The Labute approximate surface area is 117 Å². The van der Waals surface area contributed by atoms with Crippen molar-refractivity contribution in [1.82, 2.24) is 14.7 Å². The summed E-state index contributed by atoms with van der Waals surface area (Å²) < 4.78 is 1.84. The summed E-state index contributed by atoms with van der Waals surface area (Å²) in [6.07, 6.45) is 6.20. The van der Waals surface area contributed by atoms with Gasteiger partial charge in [-0.3, -0.25) is 9.48 Å². The summed E-state index contributed by atoms with van der Waals surface area (Å²) in [5, 5.41) is 6.20. The predicted octanol–water partition coefficient (Wildman–Crippen LogP) is 2.43. The molecule has 0 saturated carbocycles. The minimum atomic E-state index is 0.212. The molecule has 0 saturated heterocycles. The van der Waals surface area contributed by atoms with Gasteiger partial charge in [-0.25, -0.2) is 0 Å². The van der Waals surface area contributed by atoms with Crippen LogP contribution in [-0.4, -0.2) is 34.2 Å². The van der Waals surface area contributed by atoms with Crippen LogP contribution in [0, 0.1) is 0 Å².